The molecule has 110 valence electrons. The van der Waals surface area contributed by atoms with Crippen LogP contribution in [0.15, 0.2) is 30.6 Å². The predicted octanol–water partition coefficient (Wildman–Crippen LogP) is 4.23. The number of benzene rings is 1. The normalized spacial score (nSPS) is 14.3. The minimum atomic E-state index is 0.471. The maximum atomic E-state index is 4.34. The third kappa shape index (κ3) is 3.32. The first-order valence-electron chi connectivity index (χ1n) is 7.58. The molecule has 2 aromatic rings. The number of rotatable bonds is 5. The van der Waals surface area contributed by atoms with Crippen molar-refractivity contribution in [2.75, 3.05) is 10.6 Å². The van der Waals surface area contributed by atoms with E-state index < -0.39 is 0 Å². The fourth-order valence-corrected chi connectivity index (χ4v) is 2.41. The zero-order valence-corrected chi connectivity index (χ0v) is 12.9. The first-order chi connectivity index (χ1) is 10.1. The van der Waals surface area contributed by atoms with Crippen LogP contribution in [0.2, 0.25) is 0 Å². The molecular weight excluding hydrogens is 260 g/mol. The summed E-state index contributed by atoms with van der Waals surface area (Å²) in [6, 6.07) is 8.98. The zero-order chi connectivity index (χ0) is 14.8. The number of hydrogen-bond donors (Lipinski definition) is 2. The van der Waals surface area contributed by atoms with Gasteiger partial charge in [-0.2, -0.15) is 0 Å². The molecule has 0 bridgehead atoms. The fourth-order valence-electron chi connectivity index (χ4n) is 2.41. The molecule has 3 rings (SSSR count). The molecule has 2 N–H and O–H groups in total. The number of anilines is 3. The topological polar surface area (TPSA) is 49.8 Å². The van der Waals surface area contributed by atoms with Gasteiger partial charge in [0.05, 0.1) is 0 Å². The Bertz CT molecular complexity index is 632. The van der Waals surface area contributed by atoms with Gasteiger partial charge in [-0.05, 0) is 36.8 Å². The van der Waals surface area contributed by atoms with Gasteiger partial charge in [-0.25, -0.2) is 9.97 Å². The van der Waals surface area contributed by atoms with Gasteiger partial charge in [0.2, 0.25) is 0 Å². The van der Waals surface area contributed by atoms with Crippen LogP contribution in [-0.4, -0.2) is 16.0 Å². The number of nitrogens with zero attached hydrogens (tertiary/aromatic N) is 2. The van der Waals surface area contributed by atoms with Crippen molar-refractivity contribution in [3.05, 3.63) is 41.7 Å². The summed E-state index contributed by atoms with van der Waals surface area (Å²) in [5, 5.41) is 6.87. The van der Waals surface area contributed by atoms with Gasteiger partial charge < -0.3 is 10.6 Å². The molecular formula is C17H22N4. The van der Waals surface area contributed by atoms with E-state index in [1.54, 1.807) is 6.33 Å². The molecule has 0 amide bonds. The molecule has 1 aromatic heterocycles. The highest BCUT2D eigenvalue weighted by Gasteiger charge is 2.21. The van der Waals surface area contributed by atoms with E-state index in [1.807, 2.05) is 6.07 Å². The van der Waals surface area contributed by atoms with E-state index in [0.717, 1.165) is 17.3 Å². The van der Waals surface area contributed by atoms with Crippen LogP contribution in [0, 0.1) is 6.92 Å². The van der Waals surface area contributed by atoms with Gasteiger partial charge in [0.15, 0.2) is 0 Å². The van der Waals surface area contributed by atoms with E-state index in [-0.39, 0.29) is 0 Å². The van der Waals surface area contributed by atoms with Crippen LogP contribution < -0.4 is 10.6 Å². The molecule has 4 nitrogen and oxygen atoms in total. The zero-order valence-electron chi connectivity index (χ0n) is 12.9. The average Bonchev–Trinajstić information content (AvgIpc) is 3.25. The molecule has 1 saturated carbocycles. The molecule has 1 aliphatic carbocycles. The van der Waals surface area contributed by atoms with Crippen molar-refractivity contribution in [2.45, 2.75) is 45.6 Å². The van der Waals surface area contributed by atoms with E-state index >= 15 is 0 Å². The van der Waals surface area contributed by atoms with E-state index in [2.05, 4.69) is 59.6 Å². The molecule has 0 radical (unpaired) electrons. The number of nitrogens with one attached hydrogen (secondary N) is 2. The average molecular weight is 282 g/mol. The first-order valence-corrected chi connectivity index (χ1v) is 7.58. The van der Waals surface area contributed by atoms with E-state index in [0.29, 0.717) is 12.0 Å². The Hall–Kier alpha value is -2.10. The summed E-state index contributed by atoms with van der Waals surface area (Å²) < 4.78 is 0. The monoisotopic (exact) mass is 282 g/mol. The lowest BCUT2D eigenvalue weighted by atomic mass is 9.98. The number of aryl methyl sites for hydroxylation is 1. The number of para-hydroxylation sites is 1. The molecule has 0 aliphatic heterocycles. The predicted molar refractivity (Wildman–Crippen MR) is 87.2 cm³/mol. The standard InChI is InChI=1S/C17H22N4/c1-11(2)14-6-4-5-12(3)17(14)21-16-9-15(18-10-19-16)20-13-7-8-13/h4-6,9-11,13H,7-8H2,1-3H3,(H2,18,19,20,21). The minimum absolute atomic E-state index is 0.471. The third-order valence-electron chi connectivity index (χ3n) is 3.78. The second kappa shape index (κ2) is 5.72. The lowest BCUT2D eigenvalue weighted by Crippen LogP contribution is -2.06. The Balaban J connectivity index is 1.86. The Morgan fingerprint density at radius 2 is 1.90 bits per heavy atom. The molecule has 0 unspecified atom stereocenters. The Morgan fingerprint density at radius 3 is 2.62 bits per heavy atom. The van der Waals surface area contributed by atoms with Crippen LogP contribution in [0.1, 0.15) is 43.7 Å². The number of aromatic nitrogens is 2. The van der Waals surface area contributed by atoms with Crippen molar-refractivity contribution in [1.82, 2.24) is 9.97 Å². The first kappa shape index (κ1) is 13.9. The summed E-state index contributed by atoms with van der Waals surface area (Å²) in [5.41, 5.74) is 3.70. The summed E-state index contributed by atoms with van der Waals surface area (Å²) in [7, 11) is 0. The highest BCUT2D eigenvalue weighted by atomic mass is 15.1. The second-order valence-electron chi connectivity index (χ2n) is 6.03. The van der Waals surface area contributed by atoms with Gasteiger partial charge in [0.25, 0.3) is 0 Å². The van der Waals surface area contributed by atoms with Crippen molar-refractivity contribution in [3.8, 4) is 0 Å². The molecule has 1 aromatic carbocycles. The quantitative estimate of drug-likeness (QED) is 0.861. The molecule has 4 heteroatoms. The van der Waals surface area contributed by atoms with Crippen molar-refractivity contribution < 1.29 is 0 Å². The second-order valence-corrected chi connectivity index (χ2v) is 6.03. The van der Waals surface area contributed by atoms with Crippen LogP contribution >= 0.6 is 0 Å². The molecule has 1 heterocycles. The Labute approximate surface area is 126 Å². The van der Waals surface area contributed by atoms with Gasteiger partial charge in [-0.15, -0.1) is 0 Å². The maximum Gasteiger partial charge on any atom is 0.135 e. The summed E-state index contributed by atoms with van der Waals surface area (Å²) in [6.07, 6.45) is 4.09. The van der Waals surface area contributed by atoms with E-state index in [4.69, 9.17) is 0 Å². The minimum Gasteiger partial charge on any atom is -0.367 e. The van der Waals surface area contributed by atoms with Gasteiger partial charge in [-0.1, -0.05) is 32.0 Å². The Kier molecular flexibility index (Phi) is 3.78. The van der Waals surface area contributed by atoms with Crippen molar-refractivity contribution in [1.29, 1.82) is 0 Å². The SMILES string of the molecule is Cc1cccc(C(C)C)c1Nc1cc(NC2CC2)ncn1. The highest BCUT2D eigenvalue weighted by molar-refractivity contribution is 5.66. The molecule has 1 aliphatic rings. The van der Waals surface area contributed by atoms with Gasteiger partial charge in [0.1, 0.15) is 18.0 Å². The third-order valence-corrected chi connectivity index (χ3v) is 3.78. The summed E-state index contributed by atoms with van der Waals surface area (Å²) >= 11 is 0. The van der Waals surface area contributed by atoms with Gasteiger partial charge >= 0.3 is 0 Å². The van der Waals surface area contributed by atoms with Gasteiger partial charge in [-0.3, -0.25) is 0 Å². The molecule has 21 heavy (non-hydrogen) atoms. The lowest BCUT2D eigenvalue weighted by Gasteiger charge is -2.17. The van der Waals surface area contributed by atoms with Crippen LogP contribution in [0.4, 0.5) is 17.3 Å². The summed E-state index contributed by atoms with van der Waals surface area (Å²) in [6.45, 7) is 6.54. The molecule has 0 atom stereocenters. The van der Waals surface area contributed by atoms with Crippen LogP contribution in [0.25, 0.3) is 0 Å². The summed E-state index contributed by atoms with van der Waals surface area (Å²) in [4.78, 5) is 8.62. The van der Waals surface area contributed by atoms with Crippen LogP contribution in [0.3, 0.4) is 0 Å². The van der Waals surface area contributed by atoms with E-state index in [9.17, 15) is 0 Å². The van der Waals surface area contributed by atoms with E-state index in [1.165, 1.54) is 24.0 Å². The van der Waals surface area contributed by atoms with Crippen molar-refractivity contribution in [3.63, 3.8) is 0 Å². The molecule has 0 saturated heterocycles. The summed E-state index contributed by atoms with van der Waals surface area (Å²) in [5.74, 6) is 2.21. The lowest BCUT2D eigenvalue weighted by molar-refractivity contribution is 0.867. The fraction of sp³-hybridized carbons (Fsp3) is 0.412. The van der Waals surface area contributed by atoms with Crippen molar-refractivity contribution >= 4 is 17.3 Å². The van der Waals surface area contributed by atoms with Crippen molar-refractivity contribution in [2.24, 2.45) is 0 Å². The number of hydrogen-bond acceptors (Lipinski definition) is 4. The van der Waals surface area contributed by atoms with Crippen LogP contribution in [-0.2, 0) is 0 Å². The molecule has 0 spiro atoms. The largest absolute Gasteiger partial charge is 0.367 e. The maximum absolute atomic E-state index is 4.34. The van der Waals surface area contributed by atoms with Crippen LogP contribution in [0.5, 0.6) is 0 Å². The smallest absolute Gasteiger partial charge is 0.135 e. The Morgan fingerprint density at radius 1 is 1.14 bits per heavy atom. The molecule has 1 fully saturated rings. The van der Waals surface area contributed by atoms with Gasteiger partial charge in [0, 0.05) is 17.8 Å². The highest BCUT2D eigenvalue weighted by Crippen LogP contribution is 2.30.